The van der Waals surface area contributed by atoms with Gasteiger partial charge in [-0.25, -0.2) is 4.79 Å². The van der Waals surface area contributed by atoms with Crippen LogP contribution in [0, 0.1) is 0 Å². The van der Waals surface area contributed by atoms with Crippen molar-refractivity contribution >= 4 is 11.8 Å². The maximum atomic E-state index is 12.0. The van der Waals surface area contributed by atoms with Crippen LogP contribution in [-0.2, 0) is 0 Å². The number of ketones is 1. The molecule has 0 saturated heterocycles. The summed E-state index contributed by atoms with van der Waals surface area (Å²) < 4.78 is 10.8. The fraction of sp³-hybridized carbons (Fsp3) is 0.0476. The van der Waals surface area contributed by atoms with Crippen LogP contribution < -0.4 is 9.47 Å². The topological polar surface area (TPSA) is 52.6 Å². The molecule has 0 heterocycles. The molecule has 0 saturated carbocycles. The molecule has 0 bridgehead atoms. The third kappa shape index (κ3) is 4.54. The van der Waals surface area contributed by atoms with E-state index in [0.717, 1.165) is 0 Å². The summed E-state index contributed by atoms with van der Waals surface area (Å²) in [5.41, 5.74) is 1.09. The van der Waals surface area contributed by atoms with Crippen molar-refractivity contribution in [3.63, 3.8) is 0 Å². The predicted octanol–water partition coefficient (Wildman–Crippen LogP) is 4.17. The Morgan fingerprint density at radius 2 is 1.16 bits per heavy atom. The first kappa shape index (κ1) is 16.5. The summed E-state index contributed by atoms with van der Waals surface area (Å²) in [6, 6.07) is 24.3. The molecule has 3 rings (SSSR count). The largest absolute Gasteiger partial charge is 0.485 e. The van der Waals surface area contributed by atoms with Gasteiger partial charge < -0.3 is 9.47 Å². The summed E-state index contributed by atoms with van der Waals surface area (Å²) in [4.78, 5) is 24.0. The molecular formula is C21H16O4. The summed E-state index contributed by atoms with van der Waals surface area (Å²) >= 11 is 0. The lowest BCUT2D eigenvalue weighted by molar-refractivity contribution is 0.0734. The Kier molecular flexibility index (Phi) is 5.22. The van der Waals surface area contributed by atoms with Crippen LogP contribution in [0.4, 0.5) is 0 Å². The minimum atomic E-state index is -0.423. The lowest BCUT2D eigenvalue weighted by Crippen LogP contribution is -2.11. The number of esters is 1. The van der Waals surface area contributed by atoms with Gasteiger partial charge in [-0.1, -0.05) is 48.5 Å². The highest BCUT2D eigenvalue weighted by Crippen LogP contribution is 2.19. The molecule has 3 aromatic carbocycles. The van der Waals surface area contributed by atoms with Gasteiger partial charge >= 0.3 is 5.97 Å². The van der Waals surface area contributed by atoms with Gasteiger partial charge in [-0.2, -0.15) is 0 Å². The van der Waals surface area contributed by atoms with E-state index in [4.69, 9.17) is 9.47 Å². The molecule has 0 fully saturated rings. The Morgan fingerprint density at radius 1 is 0.640 bits per heavy atom. The van der Waals surface area contributed by atoms with Crippen molar-refractivity contribution in [2.45, 2.75) is 0 Å². The minimum absolute atomic E-state index is 0.0484. The number of rotatable bonds is 6. The van der Waals surface area contributed by atoms with E-state index in [2.05, 4.69) is 0 Å². The zero-order valence-electron chi connectivity index (χ0n) is 13.4. The zero-order valence-corrected chi connectivity index (χ0v) is 13.4. The van der Waals surface area contributed by atoms with Gasteiger partial charge in [-0.15, -0.1) is 0 Å². The average molecular weight is 332 g/mol. The third-order valence-corrected chi connectivity index (χ3v) is 3.51. The van der Waals surface area contributed by atoms with Crippen molar-refractivity contribution < 1.29 is 19.1 Å². The first-order chi connectivity index (χ1) is 12.2. The first-order valence-corrected chi connectivity index (χ1v) is 7.81. The molecule has 0 amide bonds. The zero-order chi connectivity index (χ0) is 17.5. The molecule has 0 radical (unpaired) electrons. The van der Waals surface area contributed by atoms with Crippen molar-refractivity contribution in [3.8, 4) is 11.5 Å². The first-order valence-electron chi connectivity index (χ1n) is 7.81. The van der Waals surface area contributed by atoms with Crippen LogP contribution in [0.1, 0.15) is 20.7 Å². The number of benzene rings is 3. The van der Waals surface area contributed by atoms with Crippen LogP contribution >= 0.6 is 0 Å². The quantitative estimate of drug-likeness (QED) is 0.386. The molecule has 124 valence electrons. The molecule has 3 aromatic rings. The van der Waals surface area contributed by atoms with Crippen LogP contribution in [-0.4, -0.2) is 18.4 Å². The van der Waals surface area contributed by atoms with E-state index in [0.29, 0.717) is 22.6 Å². The van der Waals surface area contributed by atoms with E-state index >= 15 is 0 Å². The molecule has 0 spiro atoms. The highest BCUT2D eigenvalue weighted by atomic mass is 16.5. The van der Waals surface area contributed by atoms with Gasteiger partial charge in [-0.05, 0) is 36.4 Å². The highest BCUT2D eigenvalue weighted by molar-refractivity contribution is 5.97. The van der Waals surface area contributed by atoms with Crippen LogP contribution in [0.15, 0.2) is 84.9 Å². The molecule has 0 atom stereocenters. The lowest BCUT2D eigenvalue weighted by atomic mass is 10.1. The Bertz CT molecular complexity index is 840. The second kappa shape index (κ2) is 7.93. The van der Waals surface area contributed by atoms with Crippen molar-refractivity contribution in [1.29, 1.82) is 0 Å². The van der Waals surface area contributed by atoms with E-state index in [-0.39, 0.29) is 12.4 Å². The van der Waals surface area contributed by atoms with Crippen molar-refractivity contribution in [3.05, 3.63) is 96.1 Å². The second-order valence-corrected chi connectivity index (χ2v) is 5.30. The monoisotopic (exact) mass is 332 g/mol. The van der Waals surface area contributed by atoms with E-state index in [9.17, 15) is 9.59 Å². The number of carbonyl (C=O) groups excluding carboxylic acids is 2. The van der Waals surface area contributed by atoms with E-state index < -0.39 is 5.97 Å². The molecular weight excluding hydrogens is 316 g/mol. The smallest absolute Gasteiger partial charge is 0.343 e. The molecule has 0 aliphatic heterocycles. The molecule has 25 heavy (non-hydrogen) atoms. The van der Waals surface area contributed by atoms with Crippen molar-refractivity contribution in [2.75, 3.05) is 6.61 Å². The summed E-state index contributed by atoms with van der Waals surface area (Å²) in [6.45, 7) is -0.0484. The Hall–Kier alpha value is -3.40. The Labute approximate surface area is 145 Å². The maximum Gasteiger partial charge on any atom is 0.343 e. The third-order valence-electron chi connectivity index (χ3n) is 3.51. The normalized spacial score (nSPS) is 10.1. The maximum absolute atomic E-state index is 12.0. The summed E-state index contributed by atoms with van der Waals surface area (Å²) in [6.07, 6.45) is 0. The predicted molar refractivity (Wildman–Crippen MR) is 94.1 cm³/mol. The van der Waals surface area contributed by atoms with E-state index in [1.165, 1.54) is 0 Å². The van der Waals surface area contributed by atoms with E-state index in [1.54, 1.807) is 60.7 Å². The van der Waals surface area contributed by atoms with Gasteiger partial charge in [0.2, 0.25) is 0 Å². The fourth-order valence-corrected chi connectivity index (χ4v) is 2.20. The average Bonchev–Trinajstić information content (AvgIpc) is 2.68. The minimum Gasteiger partial charge on any atom is -0.485 e. The SMILES string of the molecule is O=C(COc1ccc(OC(=O)c2ccccc2)cc1)c1ccccc1. The lowest BCUT2D eigenvalue weighted by Gasteiger charge is -2.07. The number of carbonyl (C=O) groups is 2. The van der Waals surface area contributed by atoms with Gasteiger partial charge in [0.25, 0.3) is 0 Å². The summed E-state index contributed by atoms with van der Waals surface area (Å²) in [7, 11) is 0. The van der Waals surface area contributed by atoms with Gasteiger partial charge in [0.05, 0.1) is 5.56 Å². The van der Waals surface area contributed by atoms with Crippen LogP contribution in [0.25, 0.3) is 0 Å². The highest BCUT2D eigenvalue weighted by Gasteiger charge is 2.09. The summed E-state index contributed by atoms with van der Waals surface area (Å²) in [5, 5.41) is 0. The molecule has 4 heteroatoms. The van der Waals surface area contributed by atoms with Crippen LogP contribution in [0.5, 0.6) is 11.5 Å². The molecule has 0 aliphatic carbocycles. The van der Waals surface area contributed by atoms with Crippen LogP contribution in [0.2, 0.25) is 0 Å². The van der Waals surface area contributed by atoms with Gasteiger partial charge in [0, 0.05) is 5.56 Å². The molecule has 0 N–H and O–H groups in total. The number of hydrogen-bond donors (Lipinski definition) is 0. The standard InChI is InChI=1S/C21H16O4/c22-20(16-7-3-1-4-8-16)15-24-18-11-13-19(14-12-18)25-21(23)17-9-5-2-6-10-17/h1-14H,15H2. The van der Waals surface area contributed by atoms with Crippen molar-refractivity contribution in [2.24, 2.45) is 0 Å². The second-order valence-electron chi connectivity index (χ2n) is 5.30. The Balaban J connectivity index is 1.55. The number of hydrogen-bond acceptors (Lipinski definition) is 4. The molecule has 0 aliphatic rings. The summed E-state index contributed by atoms with van der Waals surface area (Å²) in [5.74, 6) is 0.424. The number of ether oxygens (including phenoxy) is 2. The molecule has 0 unspecified atom stereocenters. The van der Waals surface area contributed by atoms with E-state index in [1.807, 2.05) is 24.3 Å². The number of Topliss-reactive ketones (excluding diaryl/α,β-unsaturated/α-hetero) is 1. The van der Waals surface area contributed by atoms with Gasteiger partial charge in [0.15, 0.2) is 12.4 Å². The molecule has 0 aromatic heterocycles. The van der Waals surface area contributed by atoms with Gasteiger partial charge in [-0.3, -0.25) is 4.79 Å². The fourth-order valence-electron chi connectivity index (χ4n) is 2.20. The molecule has 4 nitrogen and oxygen atoms in total. The van der Waals surface area contributed by atoms with Gasteiger partial charge in [0.1, 0.15) is 11.5 Å². The Morgan fingerprint density at radius 3 is 1.76 bits per heavy atom. The van der Waals surface area contributed by atoms with Crippen LogP contribution in [0.3, 0.4) is 0 Å². The van der Waals surface area contributed by atoms with Crippen molar-refractivity contribution in [1.82, 2.24) is 0 Å².